The number of nitrogens with zero attached hydrogens (tertiary/aromatic N) is 1. The Labute approximate surface area is 128 Å². The summed E-state index contributed by atoms with van der Waals surface area (Å²) >= 11 is 5.81. The molecule has 1 aliphatic heterocycles. The van der Waals surface area contributed by atoms with Crippen LogP contribution in [0.15, 0.2) is 24.3 Å². The van der Waals surface area contributed by atoms with Crippen LogP contribution in [-0.4, -0.2) is 34.1 Å². The van der Waals surface area contributed by atoms with Crippen LogP contribution in [0, 0.1) is 0 Å². The van der Waals surface area contributed by atoms with Gasteiger partial charge >= 0.3 is 12.0 Å². The van der Waals surface area contributed by atoms with Crippen LogP contribution in [0.4, 0.5) is 4.79 Å². The number of carboxylic acid groups (broad SMARTS) is 1. The zero-order chi connectivity index (χ0) is 15.5. The summed E-state index contributed by atoms with van der Waals surface area (Å²) < 4.78 is 0. The zero-order valence-corrected chi connectivity index (χ0v) is 12.7. The van der Waals surface area contributed by atoms with Gasteiger partial charge in [0.1, 0.15) is 5.54 Å². The van der Waals surface area contributed by atoms with Crippen LogP contribution >= 0.6 is 11.6 Å². The third-order valence-electron chi connectivity index (χ3n) is 4.07. The van der Waals surface area contributed by atoms with Gasteiger partial charge < -0.3 is 15.3 Å². The number of carbonyl (C=O) groups excluding carboxylic acids is 1. The molecule has 5 nitrogen and oxygen atoms in total. The van der Waals surface area contributed by atoms with Crippen LogP contribution in [0.1, 0.15) is 31.7 Å². The molecule has 21 heavy (non-hydrogen) atoms. The van der Waals surface area contributed by atoms with Crippen molar-refractivity contribution in [3.63, 3.8) is 0 Å². The lowest BCUT2D eigenvalue weighted by Crippen LogP contribution is -2.55. The Bertz CT molecular complexity index is 532. The van der Waals surface area contributed by atoms with Gasteiger partial charge in [-0.25, -0.2) is 9.59 Å². The van der Waals surface area contributed by atoms with Gasteiger partial charge in [0.05, 0.1) is 0 Å². The standard InChI is InChI=1S/C15H19ClN2O3/c1-2-15(13(19)20)8-3-9-18(15)14(21)17-10-11-4-6-12(16)7-5-11/h4-7H,2-3,8-10H2,1H3,(H,17,21)(H,19,20). The van der Waals surface area contributed by atoms with E-state index in [0.717, 1.165) is 5.56 Å². The van der Waals surface area contributed by atoms with Crippen LogP contribution in [0.2, 0.25) is 5.02 Å². The molecule has 1 unspecified atom stereocenters. The Balaban J connectivity index is 2.02. The number of carbonyl (C=O) groups is 2. The maximum atomic E-state index is 12.3. The van der Waals surface area contributed by atoms with E-state index < -0.39 is 11.5 Å². The van der Waals surface area contributed by atoms with Gasteiger partial charge in [0.25, 0.3) is 0 Å². The van der Waals surface area contributed by atoms with E-state index in [2.05, 4.69) is 5.32 Å². The average Bonchev–Trinajstić information content (AvgIpc) is 2.91. The molecule has 2 amide bonds. The predicted octanol–water partition coefficient (Wildman–Crippen LogP) is 2.88. The molecular formula is C15H19ClN2O3. The number of benzene rings is 1. The summed E-state index contributed by atoms with van der Waals surface area (Å²) in [6.07, 6.45) is 1.64. The molecular weight excluding hydrogens is 292 g/mol. The molecule has 0 aliphatic carbocycles. The molecule has 1 aromatic carbocycles. The van der Waals surface area contributed by atoms with E-state index in [9.17, 15) is 14.7 Å². The van der Waals surface area contributed by atoms with Gasteiger partial charge in [-0.2, -0.15) is 0 Å². The van der Waals surface area contributed by atoms with E-state index in [4.69, 9.17) is 11.6 Å². The number of rotatable bonds is 4. The maximum Gasteiger partial charge on any atom is 0.329 e. The third-order valence-corrected chi connectivity index (χ3v) is 4.33. The topological polar surface area (TPSA) is 69.6 Å². The van der Waals surface area contributed by atoms with Crippen LogP contribution in [0.25, 0.3) is 0 Å². The Kier molecular flexibility index (Phi) is 4.73. The highest BCUT2D eigenvalue weighted by atomic mass is 35.5. The van der Waals surface area contributed by atoms with Crippen molar-refractivity contribution >= 4 is 23.6 Å². The molecule has 0 bridgehead atoms. The van der Waals surface area contributed by atoms with Crippen molar-refractivity contribution in [2.45, 2.75) is 38.3 Å². The van der Waals surface area contributed by atoms with Gasteiger partial charge in [-0.15, -0.1) is 0 Å². The summed E-state index contributed by atoms with van der Waals surface area (Å²) in [6.45, 7) is 2.64. The predicted molar refractivity (Wildman–Crippen MR) is 80.3 cm³/mol. The van der Waals surface area contributed by atoms with E-state index in [0.29, 0.717) is 37.4 Å². The molecule has 114 valence electrons. The van der Waals surface area contributed by atoms with E-state index in [1.165, 1.54) is 4.90 Å². The quantitative estimate of drug-likeness (QED) is 0.898. The normalized spacial score (nSPS) is 21.3. The largest absolute Gasteiger partial charge is 0.479 e. The number of likely N-dealkylation sites (tertiary alicyclic amines) is 1. The first-order valence-corrected chi connectivity index (χ1v) is 7.40. The second-order valence-corrected chi connectivity index (χ2v) is 5.67. The molecule has 0 spiro atoms. The number of carboxylic acids is 1. The molecule has 0 saturated carbocycles. The first-order chi connectivity index (χ1) is 9.99. The molecule has 2 N–H and O–H groups in total. The van der Waals surface area contributed by atoms with Crippen LogP contribution in [0.5, 0.6) is 0 Å². The minimum atomic E-state index is -1.07. The van der Waals surface area contributed by atoms with Crippen molar-refractivity contribution < 1.29 is 14.7 Å². The summed E-state index contributed by atoms with van der Waals surface area (Å²) in [6, 6.07) is 6.85. The van der Waals surface area contributed by atoms with Gasteiger partial charge in [0.15, 0.2) is 0 Å². The van der Waals surface area contributed by atoms with Crippen molar-refractivity contribution in [1.29, 1.82) is 0 Å². The van der Waals surface area contributed by atoms with Gasteiger partial charge in [0.2, 0.25) is 0 Å². The lowest BCUT2D eigenvalue weighted by atomic mass is 9.93. The monoisotopic (exact) mass is 310 g/mol. The maximum absolute atomic E-state index is 12.3. The summed E-state index contributed by atoms with van der Waals surface area (Å²) in [5, 5.41) is 12.9. The Morgan fingerprint density at radius 3 is 2.62 bits per heavy atom. The van der Waals surface area contributed by atoms with Crippen molar-refractivity contribution in [1.82, 2.24) is 10.2 Å². The number of halogens is 1. The highest BCUT2D eigenvalue weighted by Gasteiger charge is 2.48. The van der Waals surface area contributed by atoms with Crippen LogP contribution in [-0.2, 0) is 11.3 Å². The number of amides is 2. The lowest BCUT2D eigenvalue weighted by molar-refractivity contribution is -0.148. The molecule has 0 aromatic heterocycles. The number of urea groups is 1. The first-order valence-electron chi connectivity index (χ1n) is 7.03. The summed E-state index contributed by atoms with van der Waals surface area (Å²) in [5.74, 6) is -0.927. The van der Waals surface area contributed by atoms with Crippen molar-refractivity contribution in [3.8, 4) is 0 Å². The highest BCUT2D eigenvalue weighted by Crippen LogP contribution is 2.32. The van der Waals surface area contributed by atoms with Gasteiger partial charge in [0, 0.05) is 18.1 Å². The fourth-order valence-electron chi connectivity index (χ4n) is 2.79. The molecule has 6 heteroatoms. The molecule has 2 rings (SSSR count). The summed E-state index contributed by atoms with van der Waals surface area (Å²) in [7, 11) is 0. The second kappa shape index (κ2) is 6.35. The number of hydrogen-bond acceptors (Lipinski definition) is 2. The van der Waals surface area contributed by atoms with E-state index in [1.807, 2.05) is 12.1 Å². The lowest BCUT2D eigenvalue weighted by Gasteiger charge is -2.33. The van der Waals surface area contributed by atoms with E-state index in [-0.39, 0.29) is 6.03 Å². The molecule has 0 radical (unpaired) electrons. The number of hydrogen-bond donors (Lipinski definition) is 2. The molecule has 1 heterocycles. The summed E-state index contributed by atoms with van der Waals surface area (Å²) in [4.78, 5) is 25.3. The SMILES string of the molecule is CCC1(C(=O)O)CCCN1C(=O)NCc1ccc(Cl)cc1. The van der Waals surface area contributed by atoms with Gasteiger partial charge in [-0.1, -0.05) is 30.7 Å². The zero-order valence-electron chi connectivity index (χ0n) is 11.9. The third kappa shape index (κ3) is 3.13. The molecule has 1 saturated heterocycles. The molecule has 1 aromatic rings. The first kappa shape index (κ1) is 15.6. The van der Waals surface area contributed by atoms with E-state index >= 15 is 0 Å². The molecule has 1 aliphatic rings. The van der Waals surface area contributed by atoms with Gasteiger partial charge in [-0.3, -0.25) is 0 Å². The summed E-state index contributed by atoms with van der Waals surface area (Å²) in [5.41, 5.74) is -0.145. The fraction of sp³-hybridized carbons (Fsp3) is 0.467. The minimum Gasteiger partial charge on any atom is -0.479 e. The Morgan fingerprint density at radius 2 is 2.05 bits per heavy atom. The molecule has 1 atom stereocenters. The number of aliphatic carboxylic acids is 1. The Morgan fingerprint density at radius 1 is 1.38 bits per heavy atom. The second-order valence-electron chi connectivity index (χ2n) is 5.23. The Hall–Kier alpha value is -1.75. The van der Waals surface area contributed by atoms with Gasteiger partial charge in [-0.05, 0) is 37.0 Å². The average molecular weight is 311 g/mol. The van der Waals surface area contributed by atoms with Crippen molar-refractivity contribution in [3.05, 3.63) is 34.9 Å². The fourth-order valence-corrected chi connectivity index (χ4v) is 2.92. The molecule has 1 fully saturated rings. The highest BCUT2D eigenvalue weighted by molar-refractivity contribution is 6.30. The van der Waals surface area contributed by atoms with Crippen LogP contribution in [0.3, 0.4) is 0 Å². The number of nitrogens with one attached hydrogen (secondary N) is 1. The minimum absolute atomic E-state index is 0.327. The smallest absolute Gasteiger partial charge is 0.329 e. The van der Waals surface area contributed by atoms with E-state index in [1.54, 1.807) is 19.1 Å². The van der Waals surface area contributed by atoms with Crippen LogP contribution < -0.4 is 5.32 Å². The van der Waals surface area contributed by atoms with Crippen molar-refractivity contribution in [2.75, 3.05) is 6.54 Å². The van der Waals surface area contributed by atoms with Crippen molar-refractivity contribution in [2.24, 2.45) is 0 Å².